The van der Waals surface area contributed by atoms with Crippen LogP contribution in [0.25, 0.3) is 28.2 Å². The molecular formula is C32H31NO4. The minimum atomic E-state index is -0.363. The van der Waals surface area contributed by atoms with Crippen molar-refractivity contribution in [3.63, 3.8) is 0 Å². The number of carbonyl (C=O) groups is 1. The zero-order chi connectivity index (χ0) is 25.5. The molecule has 0 bridgehead atoms. The lowest BCUT2D eigenvalue weighted by molar-refractivity contribution is -0.145. The smallest absolute Gasteiger partial charge is 0.344 e. The molecule has 1 atom stereocenters. The zero-order valence-corrected chi connectivity index (χ0v) is 21.1. The van der Waals surface area contributed by atoms with Gasteiger partial charge in [0.05, 0.1) is 6.61 Å². The van der Waals surface area contributed by atoms with Gasteiger partial charge in [-0.1, -0.05) is 78.9 Å². The minimum absolute atomic E-state index is 0.0906. The number of oxazole rings is 1. The van der Waals surface area contributed by atoms with E-state index in [1.165, 1.54) is 0 Å². The number of hydrogen-bond acceptors (Lipinski definition) is 5. The Labute approximate surface area is 217 Å². The van der Waals surface area contributed by atoms with Gasteiger partial charge in [-0.05, 0) is 56.2 Å². The van der Waals surface area contributed by atoms with E-state index in [0.717, 1.165) is 59.4 Å². The molecule has 5 nitrogen and oxygen atoms in total. The monoisotopic (exact) mass is 493 g/mol. The van der Waals surface area contributed by atoms with E-state index in [4.69, 9.17) is 18.9 Å². The van der Waals surface area contributed by atoms with Gasteiger partial charge in [-0.25, -0.2) is 9.78 Å². The minimum Gasteiger partial charge on any atom is -0.482 e. The van der Waals surface area contributed by atoms with Gasteiger partial charge < -0.3 is 13.9 Å². The van der Waals surface area contributed by atoms with Crippen LogP contribution in [0, 0.1) is 5.92 Å². The van der Waals surface area contributed by atoms with Crippen LogP contribution in [0.5, 0.6) is 5.75 Å². The first-order chi connectivity index (χ1) is 18.2. The molecule has 1 heterocycles. The van der Waals surface area contributed by atoms with E-state index in [1.807, 2.05) is 54.6 Å². The Morgan fingerprint density at radius 3 is 2.49 bits per heavy atom. The van der Waals surface area contributed by atoms with Gasteiger partial charge in [0.15, 0.2) is 12.4 Å². The molecule has 3 aromatic carbocycles. The molecule has 0 unspecified atom stereocenters. The van der Waals surface area contributed by atoms with Crippen LogP contribution in [-0.4, -0.2) is 24.2 Å². The number of hydrogen-bond donors (Lipinski definition) is 0. The van der Waals surface area contributed by atoms with Crippen LogP contribution in [0.2, 0.25) is 0 Å². The van der Waals surface area contributed by atoms with E-state index in [9.17, 15) is 4.79 Å². The lowest BCUT2D eigenvalue weighted by Gasteiger charge is -2.22. The predicted molar refractivity (Wildman–Crippen MR) is 145 cm³/mol. The maximum atomic E-state index is 11.7. The van der Waals surface area contributed by atoms with Crippen LogP contribution in [0.3, 0.4) is 0 Å². The van der Waals surface area contributed by atoms with Crippen LogP contribution < -0.4 is 4.74 Å². The lowest BCUT2D eigenvalue weighted by atomic mass is 9.83. The number of carbonyl (C=O) groups excluding carboxylic acids is 1. The predicted octanol–water partition coefficient (Wildman–Crippen LogP) is 7.38. The van der Waals surface area contributed by atoms with Gasteiger partial charge in [-0.15, -0.1) is 0 Å². The summed E-state index contributed by atoms with van der Waals surface area (Å²) in [5, 5.41) is 0. The van der Waals surface area contributed by atoms with E-state index in [-0.39, 0.29) is 18.5 Å². The van der Waals surface area contributed by atoms with Gasteiger partial charge in [0.1, 0.15) is 11.4 Å². The number of benzene rings is 3. The van der Waals surface area contributed by atoms with Crippen molar-refractivity contribution >= 4 is 11.5 Å². The largest absolute Gasteiger partial charge is 0.482 e. The van der Waals surface area contributed by atoms with Crippen molar-refractivity contribution in [1.82, 2.24) is 4.98 Å². The quantitative estimate of drug-likeness (QED) is 0.228. The molecule has 0 fully saturated rings. The summed E-state index contributed by atoms with van der Waals surface area (Å²) in [4.78, 5) is 16.7. The summed E-state index contributed by atoms with van der Waals surface area (Å²) >= 11 is 0. The van der Waals surface area contributed by atoms with Crippen molar-refractivity contribution in [3.8, 4) is 28.3 Å². The van der Waals surface area contributed by atoms with Crippen molar-refractivity contribution < 1.29 is 18.7 Å². The van der Waals surface area contributed by atoms with Crippen LogP contribution in [0.4, 0.5) is 0 Å². The van der Waals surface area contributed by atoms with Crippen molar-refractivity contribution in [3.05, 3.63) is 102 Å². The highest BCUT2D eigenvalue weighted by Gasteiger charge is 2.26. The number of esters is 1. The Bertz CT molecular complexity index is 1300. The topological polar surface area (TPSA) is 61.6 Å². The molecule has 1 aliphatic rings. The Morgan fingerprint density at radius 1 is 0.973 bits per heavy atom. The highest BCUT2D eigenvalue weighted by molar-refractivity contribution is 5.79. The molecule has 5 rings (SSSR count). The summed E-state index contributed by atoms with van der Waals surface area (Å²) < 4.78 is 17.1. The number of aromatic nitrogens is 1. The maximum Gasteiger partial charge on any atom is 0.344 e. The van der Waals surface area contributed by atoms with Gasteiger partial charge in [0.25, 0.3) is 0 Å². The van der Waals surface area contributed by atoms with Crippen LogP contribution in [0.1, 0.15) is 37.6 Å². The van der Waals surface area contributed by atoms with Gasteiger partial charge in [0, 0.05) is 16.7 Å². The average Bonchev–Trinajstić information content (AvgIpc) is 3.39. The molecule has 1 aromatic heterocycles. The molecule has 0 radical (unpaired) electrons. The molecule has 188 valence electrons. The second kappa shape index (κ2) is 11.7. The fraction of sp³-hybridized carbons (Fsp3) is 0.250. The lowest BCUT2D eigenvalue weighted by Crippen LogP contribution is -2.15. The van der Waals surface area contributed by atoms with Crippen LogP contribution in [0.15, 0.2) is 95.4 Å². The Balaban J connectivity index is 1.41. The first-order valence-electron chi connectivity index (χ1n) is 12.9. The average molecular weight is 494 g/mol. The molecule has 0 N–H and O–H groups in total. The SMILES string of the molecule is CCOC(=O)COc1cccc(C[C@H]2CCCC=C2c2nc(-c3ccccc3)c(-c3ccccc3)o2)c1. The second-order valence-corrected chi connectivity index (χ2v) is 9.16. The first-order valence-corrected chi connectivity index (χ1v) is 12.9. The summed E-state index contributed by atoms with van der Waals surface area (Å²) in [6.45, 7) is 2.04. The fourth-order valence-corrected chi connectivity index (χ4v) is 4.83. The Kier molecular flexibility index (Phi) is 7.80. The first kappa shape index (κ1) is 24.6. The third-order valence-electron chi connectivity index (χ3n) is 6.56. The van der Waals surface area contributed by atoms with Crippen molar-refractivity contribution in [2.75, 3.05) is 13.2 Å². The van der Waals surface area contributed by atoms with E-state index >= 15 is 0 Å². The van der Waals surface area contributed by atoms with Crippen molar-refractivity contribution in [2.24, 2.45) is 5.92 Å². The number of ether oxygens (including phenoxy) is 2. The number of rotatable bonds is 9. The highest BCUT2D eigenvalue weighted by atomic mass is 16.6. The summed E-state index contributed by atoms with van der Waals surface area (Å²) in [6.07, 6.45) is 6.32. The summed E-state index contributed by atoms with van der Waals surface area (Å²) in [5.41, 5.74) is 5.22. The van der Waals surface area contributed by atoms with Gasteiger partial charge in [0.2, 0.25) is 5.89 Å². The van der Waals surface area contributed by atoms with Crippen LogP contribution >= 0.6 is 0 Å². The van der Waals surface area contributed by atoms with Crippen molar-refractivity contribution in [2.45, 2.75) is 32.6 Å². The number of allylic oxidation sites excluding steroid dienone is 2. The Morgan fingerprint density at radius 2 is 1.73 bits per heavy atom. The third kappa shape index (κ3) is 6.00. The second-order valence-electron chi connectivity index (χ2n) is 9.16. The molecule has 0 saturated carbocycles. The van der Waals surface area contributed by atoms with E-state index in [2.05, 4.69) is 36.4 Å². The standard InChI is InChI=1S/C32H31NO4/c1-2-35-29(34)22-36-27-18-11-12-23(21-27)20-26-17-9-10-19-28(26)32-33-30(24-13-5-3-6-14-24)31(37-32)25-15-7-4-8-16-25/h3-8,11-16,18-19,21,26H,2,9-10,17,20,22H2,1H3/t26-/m1/s1. The molecular weight excluding hydrogens is 462 g/mol. The van der Waals surface area contributed by atoms with Gasteiger partial charge in [-0.2, -0.15) is 0 Å². The van der Waals surface area contributed by atoms with Gasteiger partial charge >= 0.3 is 5.97 Å². The van der Waals surface area contributed by atoms with Crippen LogP contribution in [-0.2, 0) is 16.0 Å². The molecule has 4 aromatic rings. The normalized spacial score (nSPS) is 15.2. The Hall–Kier alpha value is -4.12. The molecule has 0 spiro atoms. The molecule has 0 aliphatic heterocycles. The molecule has 1 aliphatic carbocycles. The van der Waals surface area contributed by atoms with Gasteiger partial charge in [-0.3, -0.25) is 0 Å². The van der Waals surface area contributed by atoms with E-state index < -0.39 is 0 Å². The van der Waals surface area contributed by atoms with E-state index in [1.54, 1.807) is 6.92 Å². The van der Waals surface area contributed by atoms with Crippen molar-refractivity contribution in [1.29, 1.82) is 0 Å². The molecule has 0 amide bonds. The summed E-state index contributed by atoms with van der Waals surface area (Å²) in [5.74, 6) is 2.07. The third-order valence-corrected chi connectivity index (χ3v) is 6.56. The number of nitrogens with zero attached hydrogens (tertiary/aromatic N) is 1. The maximum absolute atomic E-state index is 11.7. The zero-order valence-electron chi connectivity index (χ0n) is 21.1. The summed E-state index contributed by atoms with van der Waals surface area (Å²) in [7, 11) is 0. The molecule has 0 saturated heterocycles. The molecule has 5 heteroatoms. The fourth-order valence-electron chi connectivity index (χ4n) is 4.83. The molecule has 37 heavy (non-hydrogen) atoms. The summed E-state index contributed by atoms with van der Waals surface area (Å²) in [6, 6.07) is 28.3. The van der Waals surface area contributed by atoms with E-state index in [0.29, 0.717) is 18.2 Å². The highest BCUT2D eigenvalue weighted by Crippen LogP contribution is 2.40.